The van der Waals surface area contributed by atoms with Crippen molar-refractivity contribution in [2.75, 3.05) is 13.2 Å². The summed E-state index contributed by atoms with van der Waals surface area (Å²) in [4.78, 5) is 11.0. The molecule has 0 aromatic heterocycles. The van der Waals surface area contributed by atoms with Gasteiger partial charge in [0.15, 0.2) is 0 Å². The number of hydrogen-bond acceptors (Lipinski definition) is 6. The topological polar surface area (TPSA) is 78.9 Å². The van der Waals surface area contributed by atoms with Gasteiger partial charge in [0, 0.05) is 5.92 Å². The molecule has 1 aliphatic carbocycles. The Morgan fingerprint density at radius 1 is 1.06 bits per heavy atom. The molecule has 0 aromatic carbocycles. The van der Waals surface area contributed by atoms with E-state index in [0.29, 0.717) is 26.1 Å². The molecule has 0 radical (unpaired) electrons. The molecule has 2 fully saturated rings. The molecule has 6 nitrogen and oxygen atoms in total. The van der Waals surface area contributed by atoms with Gasteiger partial charge in [-0.05, 0) is 12.8 Å². The predicted octanol–water partition coefficient (Wildman–Crippen LogP) is 0.811. The summed E-state index contributed by atoms with van der Waals surface area (Å²) in [5.74, 6) is -0.487. The Bertz CT molecular complexity index is 373. The molecule has 1 heterocycles. The van der Waals surface area contributed by atoms with Crippen molar-refractivity contribution in [2.24, 2.45) is 5.92 Å². The van der Waals surface area contributed by atoms with Crippen molar-refractivity contribution >= 4 is 16.4 Å². The van der Waals surface area contributed by atoms with Gasteiger partial charge < -0.3 is 14.3 Å². The van der Waals surface area contributed by atoms with E-state index in [1.165, 1.54) is 0 Å². The van der Waals surface area contributed by atoms with E-state index in [0.717, 1.165) is 25.5 Å². The maximum absolute atomic E-state index is 12.1. The Labute approximate surface area is 107 Å². The van der Waals surface area contributed by atoms with Gasteiger partial charge >= 0.3 is 0 Å². The highest BCUT2D eigenvalue weighted by Crippen LogP contribution is 2.29. The van der Waals surface area contributed by atoms with Crippen molar-refractivity contribution in [2.45, 2.75) is 43.8 Å². The third-order valence-corrected chi connectivity index (χ3v) is 5.11. The van der Waals surface area contributed by atoms with E-state index >= 15 is 0 Å². The molecular weight excluding hydrogens is 260 g/mol. The van der Waals surface area contributed by atoms with E-state index in [2.05, 4.69) is 0 Å². The maximum Gasteiger partial charge on any atom is 0.287 e. The minimum absolute atomic E-state index is 0.321. The first-order valence-electron chi connectivity index (χ1n) is 6.24. The molecule has 1 saturated carbocycles. The van der Waals surface area contributed by atoms with E-state index in [-0.39, 0.29) is 0 Å². The SMILES string of the molecule is O=CC1CCCCCC1S(=O)(=O)OC1OCCO1. The molecule has 1 saturated heterocycles. The maximum atomic E-state index is 12.1. The molecule has 2 rings (SSSR count). The molecule has 0 amide bonds. The molecule has 1 aliphatic heterocycles. The second-order valence-electron chi connectivity index (χ2n) is 4.60. The minimum Gasteiger partial charge on any atom is -0.327 e. The fraction of sp³-hybridized carbons (Fsp3) is 0.909. The van der Waals surface area contributed by atoms with Gasteiger partial charge in [-0.3, -0.25) is 0 Å². The van der Waals surface area contributed by atoms with Gasteiger partial charge in [0.1, 0.15) is 6.29 Å². The zero-order valence-electron chi connectivity index (χ0n) is 10.1. The van der Waals surface area contributed by atoms with E-state index < -0.39 is 27.8 Å². The first-order valence-corrected chi connectivity index (χ1v) is 7.71. The summed E-state index contributed by atoms with van der Waals surface area (Å²) in [5.41, 5.74) is 0. The van der Waals surface area contributed by atoms with Gasteiger partial charge in [0.2, 0.25) is 0 Å². The van der Waals surface area contributed by atoms with E-state index in [1.54, 1.807) is 0 Å². The molecule has 104 valence electrons. The Morgan fingerprint density at radius 3 is 2.39 bits per heavy atom. The van der Waals surface area contributed by atoms with E-state index in [4.69, 9.17) is 13.7 Å². The quantitative estimate of drug-likeness (QED) is 0.430. The summed E-state index contributed by atoms with van der Waals surface area (Å²) in [7, 11) is -3.83. The van der Waals surface area contributed by atoms with E-state index in [1.807, 2.05) is 0 Å². The number of aldehydes is 1. The number of carbonyl (C=O) groups is 1. The highest BCUT2D eigenvalue weighted by molar-refractivity contribution is 7.87. The van der Waals surface area contributed by atoms with Crippen LogP contribution in [0, 0.1) is 5.92 Å². The number of rotatable bonds is 4. The fourth-order valence-corrected chi connectivity index (χ4v) is 3.95. The van der Waals surface area contributed by atoms with Crippen LogP contribution in [0.15, 0.2) is 0 Å². The normalized spacial score (nSPS) is 31.1. The summed E-state index contributed by atoms with van der Waals surface area (Å²) in [6, 6.07) is 0. The van der Waals surface area contributed by atoms with Crippen molar-refractivity contribution in [3.63, 3.8) is 0 Å². The van der Waals surface area contributed by atoms with Crippen LogP contribution in [0.1, 0.15) is 32.1 Å². The molecule has 0 aromatic rings. The Balaban J connectivity index is 2.07. The van der Waals surface area contributed by atoms with Gasteiger partial charge in [-0.25, -0.2) is 4.18 Å². The minimum atomic E-state index is -3.83. The van der Waals surface area contributed by atoms with Gasteiger partial charge in [-0.2, -0.15) is 8.42 Å². The summed E-state index contributed by atoms with van der Waals surface area (Å²) >= 11 is 0. The number of ether oxygens (including phenoxy) is 2. The fourth-order valence-electron chi connectivity index (χ4n) is 2.39. The van der Waals surface area contributed by atoms with Crippen LogP contribution in [0.3, 0.4) is 0 Å². The average molecular weight is 278 g/mol. The highest BCUT2D eigenvalue weighted by Gasteiger charge is 2.38. The monoisotopic (exact) mass is 278 g/mol. The molecule has 0 bridgehead atoms. The van der Waals surface area contributed by atoms with Gasteiger partial charge in [0.25, 0.3) is 16.6 Å². The van der Waals surface area contributed by atoms with Crippen molar-refractivity contribution in [1.82, 2.24) is 0 Å². The number of hydrogen-bond donors (Lipinski definition) is 0. The lowest BCUT2D eigenvalue weighted by atomic mass is 10.0. The molecule has 2 atom stereocenters. The number of carbonyl (C=O) groups excluding carboxylic acids is 1. The Hall–Kier alpha value is -0.500. The van der Waals surface area contributed by atoms with E-state index in [9.17, 15) is 13.2 Å². The third-order valence-electron chi connectivity index (χ3n) is 3.35. The van der Waals surface area contributed by atoms with Crippen molar-refractivity contribution in [1.29, 1.82) is 0 Å². The molecule has 0 N–H and O–H groups in total. The van der Waals surface area contributed by atoms with Crippen LogP contribution < -0.4 is 0 Å². The second kappa shape index (κ2) is 6.10. The summed E-state index contributed by atoms with van der Waals surface area (Å²) in [5, 5.41) is -0.773. The van der Waals surface area contributed by atoms with Crippen LogP contribution >= 0.6 is 0 Å². The lowest BCUT2D eigenvalue weighted by molar-refractivity contribution is -0.173. The van der Waals surface area contributed by atoms with Crippen LogP contribution in [0.25, 0.3) is 0 Å². The van der Waals surface area contributed by atoms with Crippen LogP contribution in [-0.2, 0) is 28.6 Å². The predicted molar refractivity (Wildman–Crippen MR) is 62.1 cm³/mol. The van der Waals surface area contributed by atoms with Crippen molar-refractivity contribution < 1.29 is 26.9 Å². The molecule has 7 heteroatoms. The van der Waals surface area contributed by atoms with Gasteiger partial charge in [-0.1, -0.05) is 19.3 Å². The summed E-state index contributed by atoms with van der Waals surface area (Å²) in [6.45, 7) is -0.505. The van der Waals surface area contributed by atoms with Crippen LogP contribution in [0.5, 0.6) is 0 Å². The first-order chi connectivity index (χ1) is 8.63. The first kappa shape index (κ1) is 13.9. The van der Waals surface area contributed by atoms with Crippen LogP contribution in [0.4, 0.5) is 0 Å². The zero-order chi connectivity index (χ0) is 13.0. The molecule has 2 unspecified atom stereocenters. The lowest BCUT2D eigenvalue weighted by Crippen LogP contribution is -2.34. The van der Waals surface area contributed by atoms with Gasteiger partial charge in [0.05, 0.1) is 18.5 Å². The van der Waals surface area contributed by atoms with Crippen LogP contribution in [-0.4, -0.2) is 39.6 Å². The molecular formula is C11H18O6S. The summed E-state index contributed by atoms with van der Waals surface area (Å²) in [6.07, 6.45) is 4.41. The molecule has 18 heavy (non-hydrogen) atoms. The highest BCUT2D eigenvalue weighted by atomic mass is 32.2. The second-order valence-corrected chi connectivity index (χ2v) is 6.38. The van der Waals surface area contributed by atoms with Crippen molar-refractivity contribution in [3.05, 3.63) is 0 Å². The third kappa shape index (κ3) is 3.28. The standard InChI is InChI=1S/C11H18O6S/c12-8-9-4-2-1-3-5-10(9)18(13,14)17-11-15-6-7-16-11/h8-11H,1-7H2. The largest absolute Gasteiger partial charge is 0.327 e. The zero-order valence-corrected chi connectivity index (χ0v) is 10.9. The Morgan fingerprint density at radius 2 is 1.72 bits per heavy atom. The van der Waals surface area contributed by atoms with Gasteiger partial charge in [-0.15, -0.1) is 0 Å². The molecule has 2 aliphatic rings. The van der Waals surface area contributed by atoms with Crippen LogP contribution in [0.2, 0.25) is 0 Å². The smallest absolute Gasteiger partial charge is 0.287 e. The molecule has 0 spiro atoms. The van der Waals surface area contributed by atoms with Crippen molar-refractivity contribution in [3.8, 4) is 0 Å². The lowest BCUT2D eigenvalue weighted by Gasteiger charge is -2.21. The summed E-state index contributed by atoms with van der Waals surface area (Å²) < 4.78 is 39.1. The average Bonchev–Trinajstić information content (AvgIpc) is 2.69. The Kier molecular flexibility index (Phi) is 4.71.